The summed E-state index contributed by atoms with van der Waals surface area (Å²) in [7, 11) is 3.75. The van der Waals surface area contributed by atoms with E-state index in [1.165, 1.54) is 25.9 Å². The van der Waals surface area contributed by atoms with E-state index in [1.807, 2.05) is 29.3 Å². The lowest BCUT2D eigenvalue weighted by atomic mass is 9.79. The van der Waals surface area contributed by atoms with Crippen molar-refractivity contribution in [2.24, 2.45) is 11.8 Å². The number of piperidine rings is 2. The summed E-state index contributed by atoms with van der Waals surface area (Å²) in [6, 6.07) is 6.79. The van der Waals surface area contributed by atoms with Crippen molar-refractivity contribution < 1.29 is 14.3 Å². The summed E-state index contributed by atoms with van der Waals surface area (Å²) in [4.78, 5) is 33.4. The lowest BCUT2D eigenvalue weighted by Gasteiger charge is -2.40. The summed E-state index contributed by atoms with van der Waals surface area (Å²) >= 11 is 0. The Morgan fingerprint density at radius 3 is 2.41 bits per heavy atom. The third-order valence-corrected chi connectivity index (χ3v) is 7.04. The number of likely N-dealkylation sites (tertiary alicyclic amines) is 2. The number of fused-ring (bicyclic) bond motifs is 1. The lowest BCUT2D eigenvalue weighted by molar-refractivity contribution is -0.136. The van der Waals surface area contributed by atoms with Gasteiger partial charge in [-0.25, -0.2) is 0 Å². The Morgan fingerprint density at radius 2 is 1.75 bits per heavy atom. The minimum Gasteiger partial charge on any atom is -0.382 e. The van der Waals surface area contributed by atoms with Crippen LogP contribution in [-0.4, -0.2) is 79.6 Å². The number of rotatable bonds is 6. The summed E-state index contributed by atoms with van der Waals surface area (Å²) < 4.78 is 5.26. The molecule has 2 N–H and O–H groups in total. The van der Waals surface area contributed by atoms with Gasteiger partial charge in [-0.05, 0) is 81.2 Å². The van der Waals surface area contributed by atoms with Crippen LogP contribution in [0.2, 0.25) is 0 Å². The predicted molar refractivity (Wildman–Crippen MR) is 128 cm³/mol. The molecule has 0 aliphatic carbocycles. The molecule has 2 fully saturated rings. The van der Waals surface area contributed by atoms with Gasteiger partial charge in [0.15, 0.2) is 0 Å². The highest BCUT2D eigenvalue weighted by Gasteiger charge is 2.33. The minimum atomic E-state index is -0.670. The van der Waals surface area contributed by atoms with E-state index in [1.54, 1.807) is 13.2 Å². The molecule has 2 saturated heterocycles. The number of hydrogen-bond donors (Lipinski definition) is 2. The summed E-state index contributed by atoms with van der Waals surface area (Å²) in [6.45, 7) is 4.06. The van der Waals surface area contributed by atoms with E-state index in [4.69, 9.17) is 4.74 Å². The normalized spacial score (nSPS) is 19.5. The molecule has 8 heteroatoms. The fraction of sp³-hybridized carbons (Fsp3) is 0.583. The van der Waals surface area contributed by atoms with Gasteiger partial charge in [0.05, 0.1) is 6.61 Å². The number of nitrogens with one attached hydrogen (secondary N) is 2. The maximum Gasteiger partial charge on any atom is 0.252 e. The van der Waals surface area contributed by atoms with E-state index in [0.29, 0.717) is 11.5 Å². The number of benzene rings is 1. The molecule has 2 aliphatic rings. The molecule has 3 heterocycles. The summed E-state index contributed by atoms with van der Waals surface area (Å²) in [5.41, 5.74) is 1.43. The minimum absolute atomic E-state index is 0. The van der Waals surface area contributed by atoms with Crippen LogP contribution >= 0.6 is 12.4 Å². The second-order valence-corrected chi connectivity index (χ2v) is 9.06. The predicted octanol–water partition coefficient (Wildman–Crippen LogP) is 2.91. The van der Waals surface area contributed by atoms with E-state index < -0.39 is 6.04 Å². The first-order valence-corrected chi connectivity index (χ1v) is 11.4. The van der Waals surface area contributed by atoms with E-state index in [9.17, 15) is 9.59 Å². The van der Waals surface area contributed by atoms with E-state index in [2.05, 4.69) is 22.2 Å². The van der Waals surface area contributed by atoms with Crippen LogP contribution < -0.4 is 5.32 Å². The van der Waals surface area contributed by atoms with Crippen molar-refractivity contribution in [1.82, 2.24) is 20.1 Å². The molecule has 176 valence electrons. The van der Waals surface area contributed by atoms with Gasteiger partial charge in [-0.1, -0.05) is 6.07 Å². The van der Waals surface area contributed by atoms with Crippen molar-refractivity contribution in [1.29, 1.82) is 0 Å². The van der Waals surface area contributed by atoms with Crippen LogP contribution in [0.3, 0.4) is 0 Å². The zero-order chi connectivity index (χ0) is 21.8. The topological polar surface area (TPSA) is 77.7 Å². The highest BCUT2D eigenvalue weighted by atomic mass is 35.5. The Labute approximate surface area is 196 Å². The number of carbonyl (C=O) groups excluding carboxylic acids is 2. The molecule has 0 bridgehead atoms. The van der Waals surface area contributed by atoms with E-state index in [0.717, 1.165) is 42.8 Å². The SMILES string of the molecule is COC[C@@H](NC(=O)c1ccc2cc[nH]c2c1)C(=O)N1CCC(C2CCN(C)CC2)CC1.Cl. The Bertz CT molecular complexity index is 902. The molecule has 0 saturated carbocycles. The zero-order valence-electron chi connectivity index (χ0n) is 19.0. The van der Waals surface area contributed by atoms with Gasteiger partial charge in [0.1, 0.15) is 6.04 Å². The number of carbonyl (C=O) groups is 2. The molecular weight excluding hydrogens is 428 g/mol. The molecule has 7 nitrogen and oxygen atoms in total. The average molecular weight is 463 g/mol. The van der Waals surface area contributed by atoms with Gasteiger partial charge in [0.25, 0.3) is 5.91 Å². The van der Waals surface area contributed by atoms with Crippen LogP contribution in [0.5, 0.6) is 0 Å². The Hall–Kier alpha value is -2.09. The fourth-order valence-corrected chi connectivity index (χ4v) is 5.08. The maximum atomic E-state index is 13.2. The number of amides is 2. The molecule has 4 rings (SSSR count). The van der Waals surface area contributed by atoms with Crippen molar-refractivity contribution in [3.8, 4) is 0 Å². The van der Waals surface area contributed by atoms with E-state index >= 15 is 0 Å². The number of H-pyrrole nitrogens is 1. The molecule has 32 heavy (non-hydrogen) atoms. The molecule has 2 aliphatic heterocycles. The summed E-state index contributed by atoms with van der Waals surface area (Å²) in [5, 5.41) is 3.94. The smallest absolute Gasteiger partial charge is 0.252 e. The number of ether oxygens (including phenoxy) is 1. The molecule has 0 unspecified atom stereocenters. The lowest BCUT2D eigenvalue weighted by Crippen LogP contribution is -2.53. The molecule has 1 aromatic heterocycles. The average Bonchev–Trinajstić information content (AvgIpc) is 3.27. The van der Waals surface area contributed by atoms with Crippen molar-refractivity contribution in [2.45, 2.75) is 31.7 Å². The second kappa shape index (κ2) is 11.2. The quantitative estimate of drug-likeness (QED) is 0.692. The fourth-order valence-electron chi connectivity index (χ4n) is 5.08. The van der Waals surface area contributed by atoms with Gasteiger partial charge < -0.3 is 24.8 Å². The number of nitrogens with zero attached hydrogens (tertiary/aromatic N) is 2. The number of aromatic amines is 1. The first-order chi connectivity index (χ1) is 15.0. The van der Waals surface area contributed by atoms with Gasteiger partial charge in [-0.15, -0.1) is 12.4 Å². The number of aromatic nitrogens is 1. The highest BCUT2D eigenvalue weighted by Crippen LogP contribution is 2.32. The van der Waals surface area contributed by atoms with Crippen LogP contribution in [0.25, 0.3) is 10.9 Å². The highest BCUT2D eigenvalue weighted by molar-refractivity contribution is 6.00. The molecule has 2 aromatic rings. The van der Waals surface area contributed by atoms with Crippen molar-refractivity contribution in [3.05, 3.63) is 36.0 Å². The van der Waals surface area contributed by atoms with Gasteiger partial charge >= 0.3 is 0 Å². The van der Waals surface area contributed by atoms with Gasteiger partial charge in [-0.2, -0.15) is 0 Å². The zero-order valence-corrected chi connectivity index (χ0v) is 19.8. The van der Waals surface area contributed by atoms with Crippen molar-refractivity contribution in [2.75, 3.05) is 46.9 Å². The van der Waals surface area contributed by atoms with E-state index in [-0.39, 0.29) is 30.8 Å². The molecule has 1 aromatic carbocycles. The number of hydrogen-bond acceptors (Lipinski definition) is 4. The molecule has 2 amide bonds. The molecule has 0 radical (unpaired) electrons. The van der Waals surface area contributed by atoms with Crippen molar-refractivity contribution >= 4 is 35.1 Å². The Balaban J connectivity index is 0.00000289. The third-order valence-electron chi connectivity index (χ3n) is 7.04. The van der Waals surface area contributed by atoms with Crippen LogP contribution in [0.1, 0.15) is 36.0 Å². The second-order valence-electron chi connectivity index (χ2n) is 9.06. The number of methoxy groups -OCH3 is 1. The molecular formula is C24H35ClN4O3. The van der Waals surface area contributed by atoms with Crippen LogP contribution in [0.4, 0.5) is 0 Å². The van der Waals surface area contributed by atoms with Crippen LogP contribution in [-0.2, 0) is 9.53 Å². The van der Waals surface area contributed by atoms with Gasteiger partial charge in [-0.3, -0.25) is 9.59 Å². The van der Waals surface area contributed by atoms with Crippen LogP contribution in [0, 0.1) is 11.8 Å². The third kappa shape index (κ3) is 5.63. The monoisotopic (exact) mass is 462 g/mol. The standard InChI is InChI=1S/C24H34N4O3.ClH/c1-27-11-6-17(7-12-27)18-8-13-28(14-9-18)24(30)22(16-31-2)26-23(29)20-4-3-19-5-10-25-21(19)15-20;/h3-5,10,15,17-18,22,25H,6-9,11-14,16H2,1-2H3,(H,26,29);1H/t22-;/m1./s1. The van der Waals surface area contributed by atoms with Crippen LogP contribution in [0.15, 0.2) is 30.5 Å². The summed E-state index contributed by atoms with van der Waals surface area (Å²) in [5.74, 6) is 1.19. The Morgan fingerprint density at radius 1 is 1.09 bits per heavy atom. The number of halogens is 1. The first kappa shape index (κ1) is 24.6. The van der Waals surface area contributed by atoms with Crippen molar-refractivity contribution in [3.63, 3.8) is 0 Å². The molecule has 1 atom stereocenters. The van der Waals surface area contributed by atoms with Gasteiger partial charge in [0, 0.05) is 37.5 Å². The maximum absolute atomic E-state index is 13.2. The summed E-state index contributed by atoms with van der Waals surface area (Å²) in [6.07, 6.45) is 6.48. The van der Waals surface area contributed by atoms with Gasteiger partial charge in [0.2, 0.25) is 5.91 Å². The Kier molecular flexibility index (Phi) is 8.57. The first-order valence-electron chi connectivity index (χ1n) is 11.4. The largest absolute Gasteiger partial charge is 0.382 e. The molecule has 0 spiro atoms.